The van der Waals surface area contributed by atoms with Gasteiger partial charge in [0.15, 0.2) is 11.7 Å². The summed E-state index contributed by atoms with van der Waals surface area (Å²) >= 11 is 11.6. The number of carbonyl (C=O) groups excluding carboxylic acids is 2. The number of hydrogen-bond acceptors (Lipinski definition) is 3. The summed E-state index contributed by atoms with van der Waals surface area (Å²) in [7, 11) is 0. The average molecular weight is 303 g/mol. The minimum absolute atomic E-state index is 0.0841. The van der Waals surface area contributed by atoms with Gasteiger partial charge in [-0.15, -0.1) is 23.2 Å². The molecular weight excluding hydrogens is 287 g/mol. The Hall–Kier alpha value is -0.790. The number of ketones is 1. The summed E-state index contributed by atoms with van der Waals surface area (Å²) in [4.78, 5) is 24.0. The van der Waals surface area contributed by atoms with Crippen LogP contribution in [0.15, 0.2) is 0 Å². The fraction of sp³-hybridized carbons (Fsp3) is 0.769. The van der Waals surface area contributed by atoms with E-state index in [2.05, 4.69) is 5.32 Å². The summed E-state index contributed by atoms with van der Waals surface area (Å²) in [5.74, 6) is -2.83. The second-order valence-electron chi connectivity index (χ2n) is 5.33. The molecule has 2 atom stereocenters. The van der Waals surface area contributed by atoms with Crippen LogP contribution in [-0.4, -0.2) is 22.1 Å². The minimum atomic E-state index is -1.29. The Morgan fingerprint density at radius 2 is 1.84 bits per heavy atom. The van der Waals surface area contributed by atoms with Crippen molar-refractivity contribution >= 4 is 34.9 Å². The van der Waals surface area contributed by atoms with Crippen molar-refractivity contribution in [1.82, 2.24) is 5.32 Å². The highest BCUT2D eigenvalue weighted by molar-refractivity contribution is 6.52. The zero-order valence-corrected chi connectivity index (χ0v) is 12.0. The van der Waals surface area contributed by atoms with Gasteiger partial charge in [0.1, 0.15) is 4.33 Å². The number of halogens is 2. The zero-order valence-electron chi connectivity index (χ0n) is 10.5. The van der Waals surface area contributed by atoms with Gasteiger partial charge in [0.05, 0.1) is 12.0 Å². The van der Waals surface area contributed by atoms with Crippen molar-refractivity contribution in [2.24, 2.45) is 11.8 Å². The molecule has 0 aromatic rings. The first-order chi connectivity index (χ1) is 8.95. The molecule has 2 saturated carbocycles. The van der Waals surface area contributed by atoms with Gasteiger partial charge in [-0.2, -0.15) is 5.26 Å². The molecule has 1 amide bonds. The quantitative estimate of drug-likeness (QED) is 0.640. The maximum absolute atomic E-state index is 12.0. The van der Waals surface area contributed by atoms with E-state index in [-0.39, 0.29) is 6.04 Å². The van der Waals surface area contributed by atoms with Gasteiger partial charge in [0.2, 0.25) is 5.91 Å². The summed E-state index contributed by atoms with van der Waals surface area (Å²) in [6, 6.07) is 1.86. The van der Waals surface area contributed by atoms with E-state index in [0.717, 1.165) is 25.7 Å². The maximum Gasteiger partial charge on any atom is 0.245 e. The predicted molar refractivity (Wildman–Crippen MR) is 71.7 cm³/mol. The Morgan fingerprint density at radius 1 is 1.26 bits per heavy atom. The van der Waals surface area contributed by atoms with Crippen LogP contribution in [0.2, 0.25) is 0 Å². The third-order valence-electron chi connectivity index (χ3n) is 3.80. The first-order valence-electron chi connectivity index (χ1n) is 6.57. The molecule has 4 nitrogen and oxygen atoms in total. The van der Waals surface area contributed by atoms with Crippen molar-refractivity contribution in [3.8, 4) is 6.07 Å². The van der Waals surface area contributed by atoms with Crippen molar-refractivity contribution < 1.29 is 9.59 Å². The van der Waals surface area contributed by atoms with E-state index in [9.17, 15) is 9.59 Å². The molecular formula is C13H16Cl2N2O2. The van der Waals surface area contributed by atoms with Crippen LogP contribution in [0.1, 0.15) is 38.5 Å². The van der Waals surface area contributed by atoms with Crippen molar-refractivity contribution in [3.63, 3.8) is 0 Å². The number of alkyl halides is 2. The molecule has 104 valence electrons. The molecule has 2 rings (SSSR count). The number of nitrogens with one attached hydrogen (secondary N) is 1. The Kier molecular flexibility index (Phi) is 4.37. The molecule has 0 aromatic heterocycles. The molecule has 2 fully saturated rings. The smallest absolute Gasteiger partial charge is 0.245 e. The first-order valence-corrected chi connectivity index (χ1v) is 7.33. The van der Waals surface area contributed by atoms with Crippen LogP contribution in [0.3, 0.4) is 0 Å². The van der Waals surface area contributed by atoms with Gasteiger partial charge >= 0.3 is 0 Å². The van der Waals surface area contributed by atoms with Crippen LogP contribution < -0.4 is 5.32 Å². The highest BCUT2D eigenvalue weighted by Gasteiger charge is 2.58. The van der Waals surface area contributed by atoms with Crippen LogP contribution in [-0.2, 0) is 9.59 Å². The lowest BCUT2D eigenvalue weighted by molar-refractivity contribution is -0.132. The lowest BCUT2D eigenvalue weighted by atomic mass is 9.94. The van der Waals surface area contributed by atoms with Gasteiger partial charge in [-0.1, -0.05) is 19.3 Å². The number of amides is 1. The Balaban J connectivity index is 1.92. The Bertz CT molecular complexity index is 425. The van der Waals surface area contributed by atoms with Crippen molar-refractivity contribution in [3.05, 3.63) is 0 Å². The van der Waals surface area contributed by atoms with Gasteiger partial charge in [0.25, 0.3) is 0 Å². The number of hydrogen-bond donors (Lipinski definition) is 1. The van der Waals surface area contributed by atoms with E-state index in [4.69, 9.17) is 28.5 Å². The molecule has 1 N–H and O–H groups in total. The third-order valence-corrected chi connectivity index (χ3v) is 4.63. The molecule has 0 aliphatic heterocycles. The molecule has 2 aliphatic carbocycles. The second-order valence-corrected chi connectivity index (χ2v) is 6.87. The normalized spacial score (nSPS) is 27.1. The zero-order chi connectivity index (χ0) is 14.0. The van der Waals surface area contributed by atoms with E-state index < -0.39 is 27.9 Å². The monoisotopic (exact) mass is 302 g/mol. The van der Waals surface area contributed by atoms with E-state index in [1.165, 1.54) is 6.42 Å². The van der Waals surface area contributed by atoms with Crippen LogP contribution in [0, 0.1) is 23.2 Å². The van der Waals surface area contributed by atoms with Crippen LogP contribution in [0.5, 0.6) is 0 Å². The number of carbonyl (C=O) groups is 2. The summed E-state index contributed by atoms with van der Waals surface area (Å²) in [6.45, 7) is 0. The van der Waals surface area contributed by atoms with Gasteiger partial charge < -0.3 is 5.32 Å². The third kappa shape index (κ3) is 3.40. The van der Waals surface area contributed by atoms with Crippen molar-refractivity contribution in [2.75, 3.05) is 0 Å². The highest BCUT2D eigenvalue weighted by Crippen LogP contribution is 2.54. The SMILES string of the molecule is N#C[C@H](C(=O)NC1CCCCC1)C(=O)[C@H]1CC1(Cl)Cl. The molecule has 0 aromatic carbocycles. The molecule has 0 bridgehead atoms. The van der Waals surface area contributed by atoms with E-state index in [1.54, 1.807) is 6.07 Å². The lowest BCUT2D eigenvalue weighted by Gasteiger charge is -2.23. The minimum Gasteiger partial charge on any atom is -0.352 e. The summed E-state index contributed by atoms with van der Waals surface area (Å²) in [5.41, 5.74) is 0. The van der Waals surface area contributed by atoms with Crippen molar-refractivity contribution in [1.29, 1.82) is 5.26 Å². The highest BCUT2D eigenvalue weighted by atomic mass is 35.5. The molecule has 0 unspecified atom stereocenters. The second kappa shape index (κ2) is 5.68. The molecule has 0 heterocycles. The number of rotatable bonds is 4. The van der Waals surface area contributed by atoms with Crippen LogP contribution in [0.25, 0.3) is 0 Å². The first kappa shape index (κ1) is 14.6. The summed E-state index contributed by atoms with van der Waals surface area (Å²) < 4.78 is -1.09. The average Bonchev–Trinajstić information content (AvgIpc) is 3.00. The summed E-state index contributed by atoms with van der Waals surface area (Å²) in [5, 5.41) is 11.8. The number of nitriles is 1. The topological polar surface area (TPSA) is 70.0 Å². The molecule has 0 saturated heterocycles. The fourth-order valence-electron chi connectivity index (χ4n) is 2.51. The lowest BCUT2D eigenvalue weighted by Crippen LogP contribution is -2.42. The molecule has 2 aliphatic rings. The maximum atomic E-state index is 12.0. The molecule has 0 radical (unpaired) electrons. The summed E-state index contributed by atoms with van der Waals surface area (Å²) in [6.07, 6.45) is 5.48. The largest absolute Gasteiger partial charge is 0.352 e. The van der Waals surface area contributed by atoms with Gasteiger partial charge in [-0.05, 0) is 19.3 Å². The van der Waals surface area contributed by atoms with E-state index >= 15 is 0 Å². The Morgan fingerprint density at radius 3 is 2.32 bits per heavy atom. The Labute approximate surface area is 122 Å². The standard InChI is InChI=1S/C13H16Cl2N2O2/c14-13(15)6-10(13)11(18)9(7-16)12(19)17-8-4-2-1-3-5-8/h8-10H,1-6H2,(H,17,19)/t9-,10+/m0/s1. The molecule has 19 heavy (non-hydrogen) atoms. The van der Waals surface area contributed by atoms with E-state index in [0.29, 0.717) is 6.42 Å². The predicted octanol–water partition coefficient (Wildman–Crippen LogP) is 2.34. The van der Waals surface area contributed by atoms with Crippen molar-refractivity contribution in [2.45, 2.75) is 48.9 Å². The van der Waals surface area contributed by atoms with Gasteiger partial charge in [0, 0.05) is 6.04 Å². The van der Waals surface area contributed by atoms with Gasteiger partial charge in [-0.3, -0.25) is 9.59 Å². The fourth-order valence-corrected chi connectivity index (χ4v) is 3.03. The van der Waals surface area contributed by atoms with E-state index in [1.807, 2.05) is 0 Å². The van der Waals surface area contributed by atoms with Crippen LogP contribution >= 0.6 is 23.2 Å². The van der Waals surface area contributed by atoms with Gasteiger partial charge in [-0.25, -0.2) is 0 Å². The number of Topliss-reactive ketones (excluding diaryl/α,β-unsaturated/α-hetero) is 1. The molecule has 6 heteroatoms. The van der Waals surface area contributed by atoms with Crippen LogP contribution in [0.4, 0.5) is 0 Å². The number of nitrogens with zero attached hydrogens (tertiary/aromatic N) is 1. The molecule has 0 spiro atoms.